The van der Waals surface area contributed by atoms with Crippen molar-refractivity contribution in [3.8, 4) is 23.7 Å². The van der Waals surface area contributed by atoms with E-state index < -0.39 is 0 Å². The van der Waals surface area contributed by atoms with E-state index in [4.69, 9.17) is 17.1 Å². The molecule has 4 aromatic rings. The van der Waals surface area contributed by atoms with E-state index >= 15 is 0 Å². The third-order valence-electron chi connectivity index (χ3n) is 5.46. The quantitative estimate of drug-likeness (QED) is 0.463. The van der Waals surface area contributed by atoms with Crippen LogP contribution >= 0.6 is 0 Å². The highest BCUT2D eigenvalue weighted by Crippen LogP contribution is 2.37. The second-order valence-corrected chi connectivity index (χ2v) is 7.81. The molecular weight excluding hydrogens is 406 g/mol. The van der Waals surface area contributed by atoms with Gasteiger partial charge in [0, 0.05) is 18.7 Å². The van der Waals surface area contributed by atoms with Crippen LogP contribution in [0.1, 0.15) is 43.2 Å². The van der Waals surface area contributed by atoms with Crippen LogP contribution in [0.15, 0.2) is 35.6 Å². The number of benzene rings is 1. The van der Waals surface area contributed by atoms with Crippen molar-refractivity contribution in [3.05, 3.63) is 52.6 Å². The molecule has 5 rings (SSSR count). The zero-order valence-corrected chi connectivity index (χ0v) is 17.6. The fourth-order valence-corrected chi connectivity index (χ4v) is 3.82. The number of fused-ring (bicyclic) bond motifs is 1. The van der Waals surface area contributed by atoms with E-state index in [2.05, 4.69) is 31.3 Å². The van der Waals surface area contributed by atoms with Gasteiger partial charge in [0.1, 0.15) is 35.7 Å². The van der Waals surface area contributed by atoms with Crippen molar-refractivity contribution in [3.63, 3.8) is 0 Å². The average Bonchev–Trinajstić information content (AvgIpc) is 3.53. The van der Waals surface area contributed by atoms with Gasteiger partial charge in [-0.2, -0.15) is 5.10 Å². The maximum atomic E-state index is 13.4. The highest BCUT2D eigenvalue weighted by Gasteiger charge is 2.31. The number of anilines is 2. The van der Waals surface area contributed by atoms with Crippen molar-refractivity contribution >= 4 is 22.5 Å². The van der Waals surface area contributed by atoms with Gasteiger partial charge in [0.2, 0.25) is 0 Å². The van der Waals surface area contributed by atoms with Crippen molar-refractivity contribution in [2.45, 2.75) is 31.8 Å². The number of rotatable bonds is 5. The van der Waals surface area contributed by atoms with Gasteiger partial charge < -0.3 is 11.1 Å². The summed E-state index contributed by atoms with van der Waals surface area (Å²) in [4.78, 5) is 31.0. The first-order chi connectivity index (χ1) is 15.5. The Bertz CT molecular complexity index is 1440. The number of aromatic nitrogens is 7. The molecule has 3 aromatic heterocycles. The molecule has 0 unspecified atom stereocenters. The van der Waals surface area contributed by atoms with E-state index in [1.807, 2.05) is 13.0 Å². The lowest BCUT2D eigenvalue weighted by Gasteiger charge is -2.21. The van der Waals surface area contributed by atoms with Crippen molar-refractivity contribution in [2.24, 2.45) is 7.05 Å². The molecule has 3 heterocycles. The summed E-state index contributed by atoms with van der Waals surface area (Å²) < 4.78 is 3.33. The maximum Gasteiger partial charge on any atom is 0.262 e. The standard InChI is InChI=1S/C22H21N9O/c1-4-13-6-5-7-15-16(13)22(32)31(14-8-9-14)21(28-15)12(2)27-19-17(18(23)24-10-25-19)20-26-11-30(3)29-20/h1,5-7,10-12,14H,8-9H2,2-3H3,(H3,23,24,25,27)/t12-/m0/s1. The van der Waals surface area contributed by atoms with Gasteiger partial charge in [0.05, 0.1) is 16.9 Å². The largest absolute Gasteiger partial charge is 0.383 e. The van der Waals surface area contributed by atoms with Gasteiger partial charge in [-0.25, -0.2) is 19.9 Å². The highest BCUT2D eigenvalue weighted by atomic mass is 16.1. The van der Waals surface area contributed by atoms with E-state index in [-0.39, 0.29) is 23.5 Å². The summed E-state index contributed by atoms with van der Waals surface area (Å²) in [5, 5.41) is 8.14. The molecule has 1 atom stereocenters. The molecule has 3 N–H and O–H groups in total. The van der Waals surface area contributed by atoms with Crippen molar-refractivity contribution < 1.29 is 0 Å². The van der Waals surface area contributed by atoms with Crippen LogP contribution in [0.4, 0.5) is 11.6 Å². The highest BCUT2D eigenvalue weighted by molar-refractivity contribution is 5.84. The van der Waals surface area contributed by atoms with Gasteiger partial charge in [-0.05, 0) is 31.9 Å². The van der Waals surface area contributed by atoms with Crippen LogP contribution in [-0.4, -0.2) is 34.3 Å². The maximum absolute atomic E-state index is 13.4. The predicted molar refractivity (Wildman–Crippen MR) is 121 cm³/mol. The molecule has 1 aliphatic rings. The average molecular weight is 427 g/mol. The fraction of sp³-hybridized carbons (Fsp3) is 0.273. The number of nitrogen functional groups attached to an aromatic ring is 1. The lowest BCUT2D eigenvalue weighted by molar-refractivity contribution is 0.609. The molecule has 0 saturated heterocycles. The Morgan fingerprint density at radius 1 is 1.28 bits per heavy atom. The van der Waals surface area contributed by atoms with Crippen molar-refractivity contribution in [1.29, 1.82) is 0 Å². The van der Waals surface area contributed by atoms with E-state index in [1.54, 1.807) is 34.8 Å². The number of nitrogens with zero attached hydrogens (tertiary/aromatic N) is 7. The normalized spacial score (nSPS) is 14.3. The van der Waals surface area contributed by atoms with Crippen LogP contribution in [0.5, 0.6) is 0 Å². The first kappa shape index (κ1) is 19.7. The summed E-state index contributed by atoms with van der Waals surface area (Å²) >= 11 is 0. The minimum atomic E-state index is -0.362. The topological polar surface area (TPSA) is 129 Å². The van der Waals surface area contributed by atoms with E-state index in [0.29, 0.717) is 39.5 Å². The third kappa shape index (κ3) is 3.24. The summed E-state index contributed by atoms with van der Waals surface area (Å²) in [5.74, 6) is 4.34. The summed E-state index contributed by atoms with van der Waals surface area (Å²) in [6, 6.07) is 5.12. The molecule has 0 amide bonds. The number of terminal acetylenes is 1. The zero-order valence-electron chi connectivity index (χ0n) is 17.6. The number of hydrogen-bond acceptors (Lipinski definition) is 8. The van der Waals surface area contributed by atoms with Gasteiger partial charge in [0.15, 0.2) is 5.82 Å². The summed E-state index contributed by atoms with van der Waals surface area (Å²) in [7, 11) is 1.77. The smallest absolute Gasteiger partial charge is 0.262 e. The molecule has 0 radical (unpaired) electrons. The summed E-state index contributed by atoms with van der Waals surface area (Å²) in [6.07, 6.45) is 10.4. The SMILES string of the molecule is C#Cc1cccc2nc([C@H](C)Nc3ncnc(N)c3-c3ncn(C)n3)n(C3CC3)c(=O)c12. The van der Waals surface area contributed by atoms with Crippen LogP contribution in [0, 0.1) is 12.3 Å². The first-order valence-electron chi connectivity index (χ1n) is 10.2. The van der Waals surface area contributed by atoms with Crippen LogP contribution in [0.25, 0.3) is 22.3 Å². The Hall–Kier alpha value is -4.26. The first-order valence-corrected chi connectivity index (χ1v) is 10.2. The summed E-state index contributed by atoms with van der Waals surface area (Å²) in [5.41, 5.74) is 7.62. The van der Waals surface area contributed by atoms with Crippen LogP contribution < -0.4 is 16.6 Å². The number of nitrogens with two attached hydrogens (primary N) is 1. The van der Waals surface area contributed by atoms with E-state index in [9.17, 15) is 4.79 Å². The van der Waals surface area contributed by atoms with E-state index in [0.717, 1.165) is 12.8 Å². The number of aryl methyl sites for hydroxylation is 1. The summed E-state index contributed by atoms with van der Waals surface area (Å²) in [6.45, 7) is 1.92. The molecule has 0 spiro atoms. The van der Waals surface area contributed by atoms with Gasteiger partial charge in [-0.3, -0.25) is 14.0 Å². The Balaban J connectivity index is 1.62. The number of nitrogens with one attached hydrogen (secondary N) is 1. The molecular formula is C22H21N9O. The van der Waals surface area contributed by atoms with E-state index in [1.165, 1.54) is 6.33 Å². The van der Waals surface area contributed by atoms with Gasteiger partial charge >= 0.3 is 0 Å². The monoisotopic (exact) mass is 427 g/mol. The lowest BCUT2D eigenvalue weighted by Crippen LogP contribution is -2.28. The molecule has 10 nitrogen and oxygen atoms in total. The molecule has 0 bridgehead atoms. The molecule has 1 aromatic carbocycles. The van der Waals surface area contributed by atoms with Crippen LogP contribution in [0.2, 0.25) is 0 Å². The van der Waals surface area contributed by atoms with Crippen molar-refractivity contribution in [1.82, 2.24) is 34.3 Å². The molecule has 0 aliphatic heterocycles. The Morgan fingerprint density at radius 3 is 2.78 bits per heavy atom. The molecule has 32 heavy (non-hydrogen) atoms. The Morgan fingerprint density at radius 2 is 2.09 bits per heavy atom. The molecule has 1 aliphatic carbocycles. The van der Waals surface area contributed by atoms with Crippen molar-refractivity contribution in [2.75, 3.05) is 11.1 Å². The molecule has 160 valence electrons. The number of hydrogen-bond donors (Lipinski definition) is 2. The molecule has 1 saturated carbocycles. The fourth-order valence-electron chi connectivity index (χ4n) is 3.82. The van der Waals surface area contributed by atoms with Crippen LogP contribution in [-0.2, 0) is 7.05 Å². The Labute approximate surface area is 183 Å². The minimum Gasteiger partial charge on any atom is -0.383 e. The van der Waals surface area contributed by atoms with Gasteiger partial charge in [0.25, 0.3) is 5.56 Å². The second-order valence-electron chi connectivity index (χ2n) is 7.81. The molecule has 1 fully saturated rings. The third-order valence-corrected chi connectivity index (χ3v) is 5.46. The van der Waals surface area contributed by atoms with Crippen LogP contribution in [0.3, 0.4) is 0 Å². The van der Waals surface area contributed by atoms with Gasteiger partial charge in [-0.1, -0.05) is 12.0 Å². The zero-order chi connectivity index (χ0) is 22.4. The Kier molecular flexibility index (Phi) is 4.59. The lowest BCUT2D eigenvalue weighted by atomic mass is 10.1. The second kappa shape index (κ2) is 7.46. The minimum absolute atomic E-state index is 0.108. The predicted octanol–water partition coefficient (Wildman–Crippen LogP) is 2.05. The molecule has 10 heteroatoms. The van der Waals surface area contributed by atoms with Gasteiger partial charge in [-0.15, -0.1) is 6.42 Å².